The number of hydrogen-bond acceptors (Lipinski definition) is 4. The topological polar surface area (TPSA) is 25.4 Å². The van der Waals surface area contributed by atoms with E-state index in [4.69, 9.17) is 4.74 Å². The predicted octanol–water partition coefficient (Wildman–Crippen LogP) is 2.96. The molecule has 1 aliphatic heterocycles. The van der Waals surface area contributed by atoms with Gasteiger partial charge in [0.05, 0.1) is 19.4 Å². The Hall–Kier alpha value is -1.39. The van der Waals surface area contributed by atoms with Crippen LogP contribution in [0, 0.1) is 6.92 Å². The highest BCUT2D eigenvalue weighted by molar-refractivity contribution is 7.18. The second-order valence-corrected chi connectivity index (χ2v) is 5.48. The lowest BCUT2D eigenvalue weighted by molar-refractivity contribution is 0.123. The second-order valence-electron chi connectivity index (χ2n) is 4.47. The summed E-state index contributed by atoms with van der Waals surface area (Å²) in [4.78, 5) is 6.87. The van der Waals surface area contributed by atoms with Crippen molar-refractivity contribution in [2.24, 2.45) is 0 Å². The molecule has 3 rings (SSSR count). The first-order valence-electron chi connectivity index (χ1n) is 6.18. The van der Waals surface area contributed by atoms with Crippen LogP contribution < -0.4 is 4.90 Å². The summed E-state index contributed by atoms with van der Waals surface area (Å²) in [5, 5.41) is 2.34. The Morgan fingerprint density at radius 1 is 1.17 bits per heavy atom. The van der Waals surface area contributed by atoms with Gasteiger partial charge in [0.2, 0.25) is 0 Å². The van der Waals surface area contributed by atoms with Gasteiger partial charge in [-0.3, -0.25) is 0 Å². The minimum atomic E-state index is 0.817. The summed E-state index contributed by atoms with van der Waals surface area (Å²) < 4.78 is 5.37. The molecule has 0 atom stereocenters. The molecule has 3 nitrogen and oxygen atoms in total. The SMILES string of the molecule is Cc1ccc(-c2ncc(N3CCOCC3)s2)cc1. The summed E-state index contributed by atoms with van der Waals surface area (Å²) in [6.07, 6.45) is 1.98. The van der Waals surface area contributed by atoms with Crippen LogP contribution in [0.15, 0.2) is 30.5 Å². The van der Waals surface area contributed by atoms with Gasteiger partial charge in [-0.15, -0.1) is 0 Å². The van der Waals surface area contributed by atoms with Gasteiger partial charge in [-0.1, -0.05) is 41.2 Å². The van der Waals surface area contributed by atoms with E-state index in [1.54, 1.807) is 11.3 Å². The Morgan fingerprint density at radius 2 is 1.89 bits per heavy atom. The van der Waals surface area contributed by atoms with Gasteiger partial charge >= 0.3 is 0 Å². The largest absolute Gasteiger partial charge is 0.378 e. The number of benzene rings is 1. The zero-order valence-electron chi connectivity index (χ0n) is 10.4. The average Bonchev–Trinajstić information content (AvgIpc) is 2.90. The fourth-order valence-electron chi connectivity index (χ4n) is 2.03. The van der Waals surface area contributed by atoms with Crippen molar-refractivity contribution < 1.29 is 4.74 Å². The fourth-order valence-corrected chi connectivity index (χ4v) is 3.00. The first-order chi connectivity index (χ1) is 8.83. The molecule has 0 radical (unpaired) electrons. The molecule has 4 heteroatoms. The predicted molar refractivity (Wildman–Crippen MR) is 75.3 cm³/mol. The lowest BCUT2D eigenvalue weighted by Gasteiger charge is -2.26. The third-order valence-electron chi connectivity index (χ3n) is 3.11. The number of ether oxygens (including phenoxy) is 1. The molecule has 0 bridgehead atoms. The smallest absolute Gasteiger partial charge is 0.125 e. The zero-order valence-corrected chi connectivity index (χ0v) is 11.2. The summed E-state index contributed by atoms with van der Waals surface area (Å²) in [6.45, 7) is 5.67. The molecule has 1 aromatic carbocycles. The lowest BCUT2D eigenvalue weighted by atomic mass is 10.2. The minimum absolute atomic E-state index is 0.817. The normalized spacial score (nSPS) is 15.9. The molecule has 1 aromatic heterocycles. The third kappa shape index (κ3) is 2.40. The number of aromatic nitrogens is 1. The van der Waals surface area contributed by atoms with E-state index in [2.05, 4.69) is 41.1 Å². The summed E-state index contributed by atoms with van der Waals surface area (Å²) in [7, 11) is 0. The maximum atomic E-state index is 5.37. The molecule has 1 aliphatic rings. The fraction of sp³-hybridized carbons (Fsp3) is 0.357. The highest BCUT2D eigenvalue weighted by Crippen LogP contribution is 2.31. The van der Waals surface area contributed by atoms with E-state index in [1.165, 1.54) is 16.1 Å². The van der Waals surface area contributed by atoms with Crippen molar-refractivity contribution in [3.8, 4) is 10.6 Å². The maximum Gasteiger partial charge on any atom is 0.125 e. The Bertz CT molecular complexity index is 515. The molecule has 0 aliphatic carbocycles. The second kappa shape index (κ2) is 5.08. The van der Waals surface area contributed by atoms with E-state index in [-0.39, 0.29) is 0 Å². The summed E-state index contributed by atoms with van der Waals surface area (Å²) in [6, 6.07) is 8.53. The monoisotopic (exact) mass is 260 g/mol. The van der Waals surface area contributed by atoms with Gasteiger partial charge < -0.3 is 9.64 Å². The van der Waals surface area contributed by atoms with Gasteiger partial charge in [-0.05, 0) is 6.92 Å². The van der Waals surface area contributed by atoms with Crippen molar-refractivity contribution in [2.75, 3.05) is 31.2 Å². The number of aryl methyl sites for hydroxylation is 1. The van der Waals surface area contributed by atoms with Gasteiger partial charge in [0.1, 0.15) is 10.0 Å². The highest BCUT2D eigenvalue weighted by Gasteiger charge is 2.14. The molecular formula is C14H16N2OS. The van der Waals surface area contributed by atoms with E-state index in [0.29, 0.717) is 0 Å². The van der Waals surface area contributed by atoms with Gasteiger partial charge in [-0.25, -0.2) is 4.98 Å². The average molecular weight is 260 g/mol. The van der Waals surface area contributed by atoms with Crippen LogP contribution in [-0.2, 0) is 4.74 Å². The van der Waals surface area contributed by atoms with E-state index >= 15 is 0 Å². The Kier molecular flexibility index (Phi) is 3.30. The third-order valence-corrected chi connectivity index (χ3v) is 4.22. The van der Waals surface area contributed by atoms with Crippen LogP contribution in [0.25, 0.3) is 10.6 Å². The Balaban J connectivity index is 1.82. The number of nitrogens with zero attached hydrogens (tertiary/aromatic N) is 2. The number of hydrogen-bond donors (Lipinski definition) is 0. The van der Waals surface area contributed by atoms with Crippen LogP contribution in [0.4, 0.5) is 5.00 Å². The molecule has 94 valence electrons. The van der Waals surface area contributed by atoms with E-state index in [1.807, 2.05) is 6.20 Å². The summed E-state index contributed by atoms with van der Waals surface area (Å²) >= 11 is 1.76. The van der Waals surface area contributed by atoms with Crippen LogP contribution in [0.3, 0.4) is 0 Å². The molecule has 1 fully saturated rings. The molecule has 18 heavy (non-hydrogen) atoms. The Morgan fingerprint density at radius 3 is 2.61 bits per heavy atom. The molecule has 1 saturated heterocycles. The van der Waals surface area contributed by atoms with Crippen molar-refractivity contribution in [3.05, 3.63) is 36.0 Å². The van der Waals surface area contributed by atoms with Crippen molar-refractivity contribution in [1.82, 2.24) is 4.98 Å². The van der Waals surface area contributed by atoms with E-state index in [9.17, 15) is 0 Å². The van der Waals surface area contributed by atoms with Crippen molar-refractivity contribution >= 4 is 16.3 Å². The Labute approximate surface area is 111 Å². The van der Waals surface area contributed by atoms with Crippen LogP contribution in [0.1, 0.15) is 5.56 Å². The summed E-state index contributed by atoms with van der Waals surface area (Å²) in [5.74, 6) is 0. The number of thiazole rings is 1. The quantitative estimate of drug-likeness (QED) is 0.830. The molecule has 2 heterocycles. The van der Waals surface area contributed by atoms with Gasteiger partial charge in [0, 0.05) is 18.7 Å². The first-order valence-corrected chi connectivity index (χ1v) is 7.00. The van der Waals surface area contributed by atoms with Crippen LogP contribution in [0.2, 0.25) is 0 Å². The minimum Gasteiger partial charge on any atom is -0.378 e. The van der Waals surface area contributed by atoms with Crippen LogP contribution in [0.5, 0.6) is 0 Å². The van der Waals surface area contributed by atoms with Crippen LogP contribution in [-0.4, -0.2) is 31.3 Å². The molecule has 0 unspecified atom stereocenters. The number of rotatable bonds is 2. The van der Waals surface area contributed by atoms with Crippen molar-refractivity contribution in [2.45, 2.75) is 6.92 Å². The summed E-state index contributed by atoms with van der Waals surface area (Å²) in [5.41, 5.74) is 2.48. The molecule has 0 amide bonds. The van der Waals surface area contributed by atoms with Crippen molar-refractivity contribution in [3.63, 3.8) is 0 Å². The van der Waals surface area contributed by atoms with Gasteiger partial charge in [-0.2, -0.15) is 0 Å². The zero-order chi connectivity index (χ0) is 12.4. The molecule has 0 N–H and O–H groups in total. The van der Waals surface area contributed by atoms with E-state index < -0.39 is 0 Å². The van der Waals surface area contributed by atoms with Crippen LogP contribution >= 0.6 is 11.3 Å². The first kappa shape index (κ1) is 11.7. The van der Waals surface area contributed by atoms with Gasteiger partial charge in [0.15, 0.2) is 0 Å². The van der Waals surface area contributed by atoms with E-state index in [0.717, 1.165) is 31.3 Å². The standard InChI is InChI=1S/C14H16N2OS/c1-11-2-4-12(5-3-11)14-15-10-13(18-14)16-6-8-17-9-7-16/h2-5,10H,6-9H2,1H3. The molecule has 0 spiro atoms. The lowest BCUT2D eigenvalue weighted by Crippen LogP contribution is -2.35. The molecule has 0 saturated carbocycles. The molecular weight excluding hydrogens is 244 g/mol. The molecule has 2 aromatic rings. The maximum absolute atomic E-state index is 5.37. The van der Waals surface area contributed by atoms with Gasteiger partial charge in [0.25, 0.3) is 0 Å². The number of anilines is 1. The number of morpholine rings is 1. The highest BCUT2D eigenvalue weighted by atomic mass is 32.1. The van der Waals surface area contributed by atoms with Crippen molar-refractivity contribution in [1.29, 1.82) is 0 Å².